The number of para-hydroxylation sites is 1. The summed E-state index contributed by atoms with van der Waals surface area (Å²) in [5, 5.41) is 13.5. The van der Waals surface area contributed by atoms with Crippen LogP contribution in [-0.2, 0) is 4.79 Å². The normalized spacial score (nSPS) is 33.2. The molecule has 6 unspecified atom stereocenters. The molecule has 34 heavy (non-hydrogen) atoms. The number of hydrogen-bond donors (Lipinski definition) is 4. The maximum absolute atomic E-state index is 13.3. The minimum atomic E-state index is -0.640. The molecule has 1 aliphatic heterocycles. The monoisotopic (exact) mass is 464 g/mol. The lowest BCUT2D eigenvalue weighted by Crippen LogP contribution is -2.52. The molecule has 1 saturated heterocycles. The molecule has 1 aromatic heterocycles. The summed E-state index contributed by atoms with van der Waals surface area (Å²) in [6.07, 6.45) is 7.87. The molecular weight excluding hydrogens is 428 g/mol. The number of benzene rings is 1. The average Bonchev–Trinajstić information content (AvgIpc) is 3.28. The Kier molecular flexibility index (Phi) is 6.86. The fraction of sp³-hybridized carbons (Fsp3) is 0.556. The van der Waals surface area contributed by atoms with Gasteiger partial charge in [0.2, 0.25) is 5.91 Å². The van der Waals surface area contributed by atoms with Crippen molar-refractivity contribution < 1.29 is 14.6 Å². The van der Waals surface area contributed by atoms with Crippen LogP contribution in [0.3, 0.4) is 0 Å². The van der Waals surface area contributed by atoms with Crippen molar-refractivity contribution in [2.45, 2.75) is 75.6 Å². The number of pyridine rings is 1. The predicted molar refractivity (Wildman–Crippen MR) is 130 cm³/mol. The van der Waals surface area contributed by atoms with Crippen LogP contribution in [0.2, 0.25) is 0 Å². The van der Waals surface area contributed by atoms with Crippen molar-refractivity contribution in [2.75, 3.05) is 6.61 Å². The van der Waals surface area contributed by atoms with Crippen LogP contribution in [0.4, 0.5) is 0 Å². The zero-order chi connectivity index (χ0) is 23.5. The fourth-order valence-electron chi connectivity index (χ4n) is 6.16. The largest absolute Gasteiger partial charge is 0.485 e. The van der Waals surface area contributed by atoms with E-state index in [-0.39, 0.29) is 30.5 Å². The van der Waals surface area contributed by atoms with Gasteiger partial charge in [0.05, 0.1) is 12.6 Å². The van der Waals surface area contributed by atoms with Crippen molar-refractivity contribution in [1.82, 2.24) is 21.2 Å². The highest BCUT2D eigenvalue weighted by molar-refractivity contribution is 5.79. The quantitative estimate of drug-likeness (QED) is 0.525. The van der Waals surface area contributed by atoms with Gasteiger partial charge in [0, 0.05) is 36.3 Å². The Balaban J connectivity index is 1.22. The summed E-state index contributed by atoms with van der Waals surface area (Å²) in [6.45, 7) is 1.96. The number of nitrogens with zero attached hydrogens (tertiary/aromatic N) is 1. The fourth-order valence-corrected chi connectivity index (χ4v) is 6.16. The van der Waals surface area contributed by atoms with Gasteiger partial charge in [0.25, 0.3) is 0 Å². The maximum Gasteiger partial charge on any atom is 0.223 e. The SMILES string of the molecule is Cc1cc(C2NNC3CCC(C(=O)NC4CCCC(CO)(Oc5ccccc5)C4)CC32)ccn1. The standard InChI is InChI=1S/C27H36N4O3/c1-18-14-19(11-13-28-18)25-23-15-20(9-10-24(23)30-31-25)26(33)29-21-6-5-12-27(16-21,17-32)34-22-7-3-2-4-8-22/h2-4,7-8,11,13-14,20-21,23-25,30-32H,5-6,9-10,12,15-17H2,1H3,(H,29,33). The van der Waals surface area contributed by atoms with Gasteiger partial charge in [0.15, 0.2) is 0 Å². The number of carbonyl (C=O) groups is 1. The maximum atomic E-state index is 13.3. The van der Waals surface area contributed by atoms with Crippen molar-refractivity contribution in [1.29, 1.82) is 0 Å². The molecule has 7 heteroatoms. The molecule has 182 valence electrons. The van der Waals surface area contributed by atoms with Crippen molar-refractivity contribution in [3.63, 3.8) is 0 Å². The van der Waals surface area contributed by atoms with Gasteiger partial charge in [-0.15, -0.1) is 0 Å². The summed E-state index contributed by atoms with van der Waals surface area (Å²) < 4.78 is 6.26. The van der Waals surface area contributed by atoms with E-state index in [2.05, 4.69) is 33.3 Å². The molecule has 1 amide bonds. The highest BCUT2D eigenvalue weighted by Gasteiger charge is 2.44. The summed E-state index contributed by atoms with van der Waals surface area (Å²) in [6, 6.07) is 14.5. The van der Waals surface area contributed by atoms with Crippen LogP contribution < -0.4 is 20.9 Å². The number of hydrogen-bond acceptors (Lipinski definition) is 6. The van der Waals surface area contributed by atoms with Crippen LogP contribution in [0.5, 0.6) is 5.75 Å². The summed E-state index contributed by atoms with van der Waals surface area (Å²) >= 11 is 0. The second-order valence-corrected chi connectivity index (χ2v) is 10.3. The number of nitrogens with one attached hydrogen (secondary N) is 3. The minimum Gasteiger partial charge on any atom is -0.485 e. The lowest BCUT2D eigenvalue weighted by Gasteiger charge is -2.41. The van der Waals surface area contributed by atoms with Gasteiger partial charge in [-0.25, -0.2) is 5.43 Å². The molecule has 7 nitrogen and oxygen atoms in total. The Hall–Kier alpha value is -2.48. The molecule has 0 radical (unpaired) electrons. The topological polar surface area (TPSA) is 95.5 Å². The van der Waals surface area contributed by atoms with Crippen molar-refractivity contribution in [3.05, 3.63) is 59.9 Å². The summed E-state index contributed by atoms with van der Waals surface area (Å²) in [5.74, 6) is 1.29. The number of ether oxygens (including phenoxy) is 1. The Bertz CT molecular complexity index is 987. The molecule has 2 aliphatic carbocycles. The molecule has 0 spiro atoms. The predicted octanol–water partition coefficient (Wildman–Crippen LogP) is 3.19. The van der Waals surface area contributed by atoms with E-state index in [0.717, 1.165) is 50.0 Å². The number of aryl methyl sites for hydroxylation is 1. The third-order valence-corrected chi connectivity index (χ3v) is 7.92. The van der Waals surface area contributed by atoms with Gasteiger partial charge in [-0.3, -0.25) is 15.2 Å². The second-order valence-electron chi connectivity index (χ2n) is 10.3. The van der Waals surface area contributed by atoms with E-state index in [1.165, 1.54) is 5.56 Å². The lowest BCUT2D eigenvalue weighted by molar-refractivity contribution is -0.128. The van der Waals surface area contributed by atoms with Gasteiger partial charge < -0.3 is 15.2 Å². The van der Waals surface area contributed by atoms with Crippen molar-refractivity contribution in [2.24, 2.45) is 11.8 Å². The molecule has 3 fully saturated rings. The first-order valence-electron chi connectivity index (χ1n) is 12.6. The van der Waals surface area contributed by atoms with Crippen LogP contribution in [0.25, 0.3) is 0 Å². The Labute approximate surface area is 201 Å². The molecule has 5 rings (SSSR count). The highest BCUT2D eigenvalue weighted by Crippen LogP contribution is 2.41. The van der Waals surface area contributed by atoms with Crippen LogP contribution in [0.1, 0.15) is 62.2 Å². The number of rotatable bonds is 6. The highest BCUT2D eigenvalue weighted by atomic mass is 16.5. The van der Waals surface area contributed by atoms with Crippen LogP contribution in [0, 0.1) is 18.8 Å². The number of amides is 1. The average molecular weight is 465 g/mol. The van der Waals surface area contributed by atoms with E-state index < -0.39 is 5.60 Å². The zero-order valence-electron chi connectivity index (χ0n) is 19.9. The van der Waals surface area contributed by atoms with Gasteiger partial charge in [-0.2, -0.15) is 0 Å². The Morgan fingerprint density at radius 1 is 1.21 bits per heavy atom. The van der Waals surface area contributed by atoms with E-state index in [1.807, 2.05) is 43.5 Å². The third kappa shape index (κ3) is 4.97. The van der Waals surface area contributed by atoms with Gasteiger partial charge in [-0.05, 0) is 81.2 Å². The second kappa shape index (κ2) is 10.0. The molecule has 1 aromatic carbocycles. The van der Waals surface area contributed by atoms with Crippen molar-refractivity contribution >= 4 is 5.91 Å². The van der Waals surface area contributed by atoms with E-state index in [1.54, 1.807) is 0 Å². The Morgan fingerprint density at radius 3 is 2.85 bits per heavy atom. The number of hydrazine groups is 1. The third-order valence-electron chi connectivity index (χ3n) is 7.92. The van der Waals surface area contributed by atoms with Gasteiger partial charge >= 0.3 is 0 Å². The number of carbonyl (C=O) groups excluding carboxylic acids is 1. The number of aliphatic hydroxyl groups is 1. The van der Waals surface area contributed by atoms with Crippen LogP contribution >= 0.6 is 0 Å². The number of aliphatic hydroxyl groups excluding tert-OH is 1. The zero-order valence-corrected chi connectivity index (χ0v) is 19.9. The molecule has 4 N–H and O–H groups in total. The lowest BCUT2D eigenvalue weighted by atomic mass is 9.74. The van der Waals surface area contributed by atoms with E-state index in [4.69, 9.17) is 4.74 Å². The van der Waals surface area contributed by atoms with Gasteiger partial charge in [0.1, 0.15) is 11.4 Å². The van der Waals surface area contributed by atoms with E-state index in [0.29, 0.717) is 18.4 Å². The van der Waals surface area contributed by atoms with E-state index >= 15 is 0 Å². The molecule has 2 aromatic rings. The first-order valence-corrected chi connectivity index (χ1v) is 12.6. The molecule has 2 saturated carbocycles. The summed E-state index contributed by atoms with van der Waals surface area (Å²) in [5.41, 5.74) is 8.53. The molecule has 2 heterocycles. The number of aromatic nitrogens is 1. The molecular formula is C27H36N4O3. The van der Waals surface area contributed by atoms with Crippen LogP contribution in [0.15, 0.2) is 48.7 Å². The van der Waals surface area contributed by atoms with E-state index in [9.17, 15) is 9.90 Å². The molecule has 3 aliphatic rings. The van der Waals surface area contributed by atoms with Crippen LogP contribution in [-0.4, -0.2) is 40.3 Å². The number of fused-ring (bicyclic) bond motifs is 1. The van der Waals surface area contributed by atoms with Gasteiger partial charge in [-0.1, -0.05) is 18.2 Å². The molecule has 0 bridgehead atoms. The first kappa shape index (κ1) is 23.3. The Morgan fingerprint density at radius 2 is 2.06 bits per heavy atom. The minimum absolute atomic E-state index is 0.00822. The summed E-state index contributed by atoms with van der Waals surface area (Å²) in [4.78, 5) is 17.7. The summed E-state index contributed by atoms with van der Waals surface area (Å²) in [7, 11) is 0. The molecule has 6 atom stereocenters. The van der Waals surface area contributed by atoms with Crippen molar-refractivity contribution in [3.8, 4) is 5.75 Å². The first-order chi connectivity index (χ1) is 16.5. The smallest absolute Gasteiger partial charge is 0.223 e.